The minimum atomic E-state index is -0.280. The van der Waals surface area contributed by atoms with Gasteiger partial charge in [0.2, 0.25) is 0 Å². The van der Waals surface area contributed by atoms with Gasteiger partial charge in [-0.25, -0.2) is 0 Å². The van der Waals surface area contributed by atoms with Crippen LogP contribution in [0.2, 0.25) is 0 Å². The Morgan fingerprint density at radius 1 is 1.73 bits per heavy atom. The number of hydrogen-bond acceptors (Lipinski definition) is 2. The Morgan fingerprint density at radius 3 is 2.91 bits per heavy atom. The SMILES string of the molecule is CC(N)CC(O)C1=CCCC1. The molecule has 11 heavy (non-hydrogen) atoms. The van der Waals surface area contributed by atoms with Crippen molar-refractivity contribution in [3.8, 4) is 0 Å². The van der Waals surface area contributed by atoms with Gasteiger partial charge in [-0.3, -0.25) is 0 Å². The largest absolute Gasteiger partial charge is 0.389 e. The van der Waals surface area contributed by atoms with Crippen molar-refractivity contribution in [2.24, 2.45) is 5.73 Å². The average molecular weight is 155 g/mol. The molecule has 1 aliphatic rings. The molecule has 2 unspecified atom stereocenters. The van der Waals surface area contributed by atoms with Crippen molar-refractivity contribution in [2.75, 3.05) is 0 Å². The first-order chi connectivity index (χ1) is 5.20. The summed E-state index contributed by atoms with van der Waals surface area (Å²) in [6.45, 7) is 1.93. The second-order valence-corrected chi connectivity index (χ2v) is 3.40. The second-order valence-electron chi connectivity index (χ2n) is 3.40. The minimum Gasteiger partial charge on any atom is -0.389 e. The lowest BCUT2D eigenvalue weighted by atomic mass is 10.0. The molecular formula is C9H17NO. The van der Waals surface area contributed by atoms with E-state index in [1.807, 2.05) is 6.92 Å². The smallest absolute Gasteiger partial charge is 0.0764 e. The van der Waals surface area contributed by atoms with Gasteiger partial charge in [-0.15, -0.1) is 0 Å². The van der Waals surface area contributed by atoms with E-state index in [2.05, 4.69) is 6.08 Å². The van der Waals surface area contributed by atoms with Gasteiger partial charge in [0.05, 0.1) is 6.10 Å². The Labute approximate surface area is 68.1 Å². The molecule has 0 saturated heterocycles. The highest BCUT2D eigenvalue weighted by Gasteiger charge is 2.14. The van der Waals surface area contributed by atoms with E-state index in [0.717, 1.165) is 12.8 Å². The lowest BCUT2D eigenvalue weighted by molar-refractivity contribution is 0.190. The van der Waals surface area contributed by atoms with Crippen LogP contribution in [0.4, 0.5) is 0 Å². The van der Waals surface area contributed by atoms with Crippen LogP contribution in [-0.4, -0.2) is 17.3 Å². The summed E-state index contributed by atoms with van der Waals surface area (Å²) in [5, 5.41) is 9.57. The molecule has 0 aromatic heterocycles. The zero-order chi connectivity index (χ0) is 8.27. The van der Waals surface area contributed by atoms with Gasteiger partial charge in [0.15, 0.2) is 0 Å². The monoisotopic (exact) mass is 155 g/mol. The maximum absolute atomic E-state index is 9.57. The third kappa shape index (κ3) is 2.64. The quantitative estimate of drug-likeness (QED) is 0.601. The molecule has 0 saturated carbocycles. The molecule has 0 aromatic rings. The highest BCUT2D eigenvalue weighted by Crippen LogP contribution is 2.22. The maximum Gasteiger partial charge on any atom is 0.0764 e. The van der Waals surface area contributed by atoms with Crippen LogP contribution in [0.5, 0.6) is 0 Å². The first kappa shape index (κ1) is 8.75. The van der Waals surface area contributed by atoms with E-state index in [9.17, 15) is 5.11 Å². The number of aliphatic hydroxyl groups excluding tert-OH is 1. The molecule has 2 nitrogen and oxygen atoms in total. The number of aliphatic hydroxyl groups is 1. The van der Waals surface area contributed by atoms with E-state index in [1.165, 1.54) is 12.0 Å². The van der Waals surface area contributed by atoms with Crippen LogP contribution in [0, 0.1) is 0 Å². The summed E-state index contributed by atoms with van der Waals surface area (Å²) in [4.78, 5) is 0. The van der Waals surface area contributed by atoms with Gasteiger partial charge in [0, 0.05) is 6.04 Å². The molecule has 2 atom stereocenters. The first-order valence-corrected chi connectivity index (χ1v) is 4.32. The normalized spacial score (nSPS) is 23.0. The molecule has 0 radical (unpaired) electrons. The fraction of sp³-hybridized carbons (Fsp3) is 0.778. The molecule has 0 spiro atoms. The summed E-state index contributed by atoms with van der Waals surface area (Å²) < 4.78 is 0. The maximum atomic E-state index is 9.57. The average Bonchev–Trinajstić information content (AvgIpc) is 2.35. The topological polar surface area (TPSA) is 46.2 Å². The van der Waals surface area contributed by atoms with Crippen molar-refractivity contribution in [1.82, 2.24) is 0 Å². The number of rotatable bonds is 3. The van der Waals surface area contributed by atoms with Crippen molar-refractivity contribution < 1.29 is 5.11 Å². The van der Waals surface area contributed by atoms with Crippen molar-refractivity contribution >= 4 is 0 Å². The lowest BCUT2D eigenvalue weighted by Crippen LogP contribution is -2.23. The molecular weight excluding hydrogens is 138 g/mol. The summed E-state index contributed by atoms with van der Waals surface area (Å²) in [6, 6.07) is 0.103. The Kier molecular flexibility index (Phi) is 3.09. The van der Waals surface area contributed by atoms with E-state index >= 15 is 0 Å². The van der Waals surface area contributed by atoms with Gasteiger partial charge < -0.3 is 10.8 Å². The van der Waals surface area contributed by atoms with Crippen LogP contribution in [0.1, 0.15) is 32.6 Å². The van der Waals surface area contributed by atoms with Crippen molar-refractivity contribution in [1.29, 1.82) is 0 Å². The van der Waals surface area contributed by atoms with Gasteiger partial charge in [-0.2, -0.15) is 0 Å². The molecule has 0 amide bonds. The first-order valence-electron chi connectivity index (χ1n) is 4.32. The molecule has 1 rings (SSSR count). The summed E-state index contributed by atoms with van der Waals surface area (Å²) in [6.07, 6.45) is 5.96. The van der Waals surface area contributed by atoms with Gasteiger partial charge in [-0.1, -0.05) is 6.08 Å². The van der Waals surface area contributed by atoms with E-state index in [-0.39, 0.29) is 12.1 Å². The summed E-state index contributed by atoms with van der Waals surface area (Å²) in [7, 11) is 0. The van der Waals surface area contributed by atoms with Gasteiger partial charge in [0.25, 0.3) is 0 Å². The van der Waals surface area contributed by atoms with Crippen LogP contribution >= 0.6 is 0 Å². The Balaban J connectivity index is 2.34. The fourth-order valence-corrected chi connectivity index (χ4v) is 1.50. The zero-order valence-electron chi connectivity index (χ0n) is 7.09. The molecule has 64 valence electrons. The van der Waals surface area contributed by atoms with E-state index in [0.29, 0.717) is 6.42 Å². The van der Waals surface area contributed by atoms with Crippen molar-refractivity contribution in [3.05, 3.63) is 11.6 Å². The number of allylic oxidation sites excluding steroid dienone is 1. The van der Waals surface area contributed by atoms with Crippen LogP contribution < -0.4 is 5.73 Å². The van der Waals surface area contributed by atoms with E-state index in [4.69, 9.17) is 5.73 Å². The van der Waals surface area contributed by atoms with Crippen LogP contribution in [0.15, 0.2) is 11.6 Å². The zero-order valence-corrected chi connectivity index (χ0v) is 7.09. The predicted octanol–water partition coefficient (Wildman–Crippen LogP) is 1.19. The van der Waals surface area contributed by atoms with Crippen molar-refractivity contribution in [3.63, 3.8) is 0 Å². The Bertz CT molecular complexity index is 152. The predicted molar refractivity (Wildman–Crippen MR) is 46.2 cm³/mol. The van der Waals surface area contributed by atoms with Crippen molar-refractivity contribution in [2.45, 2.75) is 44.8 Å². The lowest BCUT2D eigenvalue weighted by Gasteiger charge is -2.13. The van der Waals surface area contributed by atoms with Gasteiger partial charge in [-0.05, 0) is 38.2 Å². The third-order valence-corrected chi connectivity index (χ3v) is 2.10. The molecule has 0 fully saturated rings. The van der Waals surface area contributed by atoms with E-state index < -0.39 is 0 Å². The molecule has 0 heterocycles. The summed E-state index contributed by atoms with van der Waals surface area (Å²) in [5.74, 6) is 0. The summed E-state index contributed by atoms with van der Waals surface area (Å²) in [5.41, 5.74) is 6.77. The van der Waals surface area contributed by atoms with Gasteiger partial charge in [0.1, 0.15) is 0 Å². The molecule has 1 aliphatic carbocycles. The third-order valence-electron chi connectivity index (χ3n) is 2.10. The molecule has 3 N–H and O–H groups in total. The Hall–Kier alpha value is -0.340. The molecule has 0 bridgehead atoms. The summed E-state index contributed by atoms with van der Waals surface area (Å²) >= 11 is 0. The second kappa shape index (κ2) is 3.88. The molecule has 2 heteroatoms. The van der Waals surface area contributed by atoms with E-state index in [1.54, 1.807) is 0 Å². The molecule has 0 aromatic carbocycles. The minimum absolute atomic E-state index is 0.103. The van der Waals surface area contributed by atoms with Crippen LogP contribution in [-0.2, 0) is 0 Å². The van der Waals surface area contributed by atoms with Crippen LogP contribution in [0.3, 0.4) is 0 Å². The number of hydrogen-bond donors (Lipinski definition) is 2. The fourth-order valence-electron chi connectivity index (χ4n) is 1.50. The van der Waals surface area contributed by atoms with Gasteiger partial charge >= 0.3 is 0 Å². The highest BCUT2D eigenvalue weighted by molar-refractivity contribution is 5.12. The Morgan fingerprint density at radius 2 is 2.45 bits per heavy atom. The molecule has 0 aliphatic heterocycles. The van der Waals surface area contributed by atoms with Crippen LogP contribution in [0.25, 0.3) is 0 Å². The standard InChI is InChI=1S/C9H17NO/c1-7(10)6-9(11)8-4-2-3-5-8/h4,7,9,11H,2-3,5-6,10H2,1H3. The highest BCUT2D eigenvalue weighted by atomic mass is 16.3. The number of nitrogens with two attached hydrogens (primary N) is 1.